The van der Waals surface area contributed by atoms with E-state index in [1.807, 2.05) is 0 Å². The largest absolute Gasteiger partial charge is 0.353 e. The normalized spacial score (nSPS) is 10.3. The first-order valence-electron chi connectivity index (χ1n) is 9.82. The maximum Gasteiger partial charge on any atom is 0.157 e. The minimum atomic E-state index is -0.130. The van der Waals surface area contributed by atoms with Crippen LogP contribution in [0.5, 0.6) is 0 Å². The van der Waals surface area contributed by atoms with Gasteiger partial charge in [0.05, 0.1) is 6.07 Å². The van der Waals surface area contributed by atoms with Crippen molar-refractivity contribution in [2.75, 3.05) is 13.2 Å². The summed E-state index contributed by atoms with van der Waals surface area (Å²) in [5, 5.41) is 8.62. The van der Waals surface area contributed by atoms with E-state index in [4.69, 9.17) is 27.6 Å². The monoisotopic (exact) mass is 345 g/mol. The summed E-state index contributed by atoms with van der Waals surface area (Å²) in [5.41, 5.74) is 0. The molecule has 0 atom stereocenters. The van der Waals surface area contributed by atoms with Gasteiger partial charge in [-0.2, -0.15) is 5.26 Å². The lowest BCUT2D eigenvalue weighted by atomic mass is 10.1. The Bertz CT molecular complexity index is 372. The molecule has 0 N–H and O–H groups in total. The van der Waals surface area contributed by atoms with Crippen molar-refractivity contribution in [1.82, 2.24) is 0 Å². The summed E-state index contributed by atoms with van der Waals surface area (Å²) < 4.78 is 11.8. The fraction of sp³-hybridized carbons (Fsp3) is 0.773. The minimum Gasteiger partial charge on any atom is -0.353 e. The lowest BCUT2D eigenvalue weighted by Crippen LogP contribution is -2.19. The molecule has 0 aliphatic rings. The molecule has 0 amide bonds. The molecule has 0 aromatic carbocycles. The summed E-state index contributed by atoms with van der Waals surface area (Å²) in [6.07, 6.45) is 24.4. The van der Waals surface area contributed by atoms with E-state index < -0.39 is 0 Å². The van der Waals surface area contributed by atoms with E-state index in [-0.39, 0.29) is 6.29 Å². The number of nitrogens with zero attached hydrogens (tertiary/aromatic N) is 1. The molecule has 0 radical (unpaired) electrons. The molecule has 0 bridgehead atoms. The number of hydrogen-bond acceptors (Lipinski definition) is 3. The van der Waals surface area contributed by atoms with Crippen molar-refractivity contribution in [3.8, 4) is 30.8 Å². The molecule has 25 heavy (non-hydrogen) atoms. The number of nitriles is 1. The van der Waals surface area contributed by atoms with Crippen molar-refractivity contribution in [2.45, 2.75) is 96.2 Å². The van der Waals surface area contributed by atoms with E-state index in [1.54, 1.807) is 0 Å². The summed E-state index contributed by atoms with van der Waals surface area (Å²) in [7, 11) is 0. The molecule has 0 saturated carbocycles. The van der Waals surface area contributed by atoms with Crippen molar-refractivity contribution in [2.24, 2.45) is 0 Å². The third kappa shape index (κ3) is 18.7. The van der Waals surface area contributed by atoms with E-state index >= 15 is 0 Å². The maximum atomic E-state index is 8.62. The van der Waals surface area contributed by atoms with E-state index in [9.17, 15) is 0 Å². The Labute approximate surface area is 155 Å². The van der Waals surface area contributed by atoms with Crippen LogP contribution in [0, 0.1) is 36.0 Å². The first kappa shape index (κ1) is 23.5. The quantitative estimate of drug-likeness (QED) is 0.184. The standard InChI is InChI=1S/C22H35NO2/c1-3-5-7-9-11-16-20-24-22(18-14-13-15-19-23)25-21-17-12-10-8-6-4-2/h1-2,22H,5-18,20-21H2. The van der Waals surface area contributed by atoms with Crippen LogP contribution in [0.1, 0.15) is 89.9 Å². The summed E-state index contributed by atoms with van der Waals surface area (Å²) in [6.45, 7) is 1.47. The highest BCUT2D eigenvalue weighted by atomic mass is 16.7. The first-order valence-corrected chi connectivity index (χ1v) is 9.82. The number of rotatable bonds is 18. The van der Waals surface area contributed by atoms with Crippen molar-refractivity contribution in [3.05, 3.63) is 0 Å². The minimum absolute atomic E-state index is 0.130. The van der Waals surface area contributed by atoms with Gasteiger partial charge in [0.2, 0.25) is 0 Å². The fourth-order valence-electron chi connectivity index (χ4n) is 2.52. The van der Waals surface area contributed by atoms with E-state index in [0.717, 1.165) is 83.8 Å². The topological polar surface area (TPSA) is 42.2 Å². The average molecular weight is 346 g/mol. The van der Waals surface area contributed by atoms with Gasteiger partial charge in [0.25, 0.3) is 0 Å². The molecule has 0 aromatic rings. The smallest absolute Gasteiger partial charge is 0.157 e. The Hall–Kier alpha value is -1.47. The highest BCUT2D eigenvalue weighted by Crippen LogP contribution is 2.12. The van der Waals surface area contributed by atoms with Gasteiger partial charge < -0.3 is 9.47 Å². The van der Waals surface area contributed by atoms with Gasteiger partial charge in [-0.1, -0.05) is 25.7 Å². The van der Waals surface area contributed by atoms with Crippen LogP contribution in [0.3, 0.4) is 0 Å². The van der Waals surface area contributed by atoms with E-state index in [2.05, 4.69) is 17.9 Å². The summed E-state index contributed by atoms with van der Waals surface area (Å²) >= 11 is 0. The molecule has 0 saturated heterocycles. The van der Waals surface area contributed by atoms with Crippen LogP contribution < -0.4 is 0 Å². The Morgan fingerprint density at radius 2 is 1.12 bits per heavy atom. The molecule has 0 unspecified atom stereocenters. The molecular weight excluding hydrogens is 310 g/mol. The van der Waals surface area contributed by atoms with Crippen LogP contribution in [0.25, 0.3) is 0 Å². The van der Waals surface area contributed by atoms with Gasteiger partial charge in [-0.3, -0.25) is 0 Å². The summed E-state index contributed by atoms with van der Waals surface area (Å²) in [6, 6.07) is 2.19. The van der Waals surface area contributed by atoms with Gasteiger partial charge in [0, 0.05) is 32.5 Å². The molecule has 0 fully saturated rings. The van der Waals surface area contributed by atoms with Gasteiger partial charge in [-0.25, -0.2) is 0 Å². The Balaban J connectivity index is 3.77. The second-order valence-corrected chi connectivity index (χ2v) is 6.31. The second-order valence-electron chi connectivity index (χ2n) is 6.31. The predicted octanol–water partition coefficient (Wildman–Crippen LogP) is 5.60. The number of unbranched alkanes of at least 4 members (excludes halogenated alkanes) is 10. The number of hydrogen-bond donors (Lipinski definition) is 0. The first-order chi connectivity index (χ1) is 12.3. The predicted molar refractivity (Wildman–Crippen MR) is 104 cm³/mol. The zero-order valence-corrected chi connectivity index (χ0v) is 15.8. The number of ether oxygens (including phenoxy) is 2. The van der Waals surface area contributed by atoms with E-state index in [0.29, 0.717) is 6.42 Å². The molecule has 0 aliphatic carbocycles. The Kier molecular flexibility index (Phi) is 19.4. The second kappa shape index (κ2) is 20.6. The molecule has 3 nitrogen and oxygen atoms in total. The van der Waals surface area contributed by atoms with Crippen LogP contribution in [0.4, 0.5) is 0 Å². The van der Waals surface area contributed by atoms with Gasteiger partial charge in [-0.05, 0) is 44.9 Å². The molecule has 0 rings (SSSR count). The van der Waals surface area contributed by atoms with Crippen molar-refractivity contribution >= 4 is 0 Å². The summed E-state index contributed by atoms with van der Waals surface area (Å²) in [4.78, 5) is 0. The molecule has 0 heterocycles. The zero-order chi connectivity index (χ0) is 18.4. The average Bonchev–Trinajstić information content (AvgIpc) is 2.63. The van der Waals surface area contributed by atoms with Crippen molar-refractivity contribution in [1.29, 1.82) is 5.26 Å². The van der Waals surface area contributed by atoms with Crippen LogP contribution >= 0.6 is 0 Å². The van der Waals surface area contributed by atoms with Crippen LogP contribution in [0.2, 0.25) is 0 Å². The Morgan fingerprint density at radius 3 is 1.60 bits per heavy atom. The molecule has 140 valence electrons. The lowest BCUT2D eigenvalue weighted by molar-refractivity contribution is -0.148. The molecule has 0 aliphatic heterocycles. The number of terminal acetylenes is 2. The van der Waals surface area contributed by atoms with Gasteiger partial charge in [-0.15, -0.1) is 24.7 Å². The SMILES string of the molecule is C#CCCCCCCOC(CCCCC#N)OCCCCCCC#C. The Morgan fingerprint density at radius 1 is 0.640 bits per heavy atom. The molecule has 3 heteroatoms. The molecular formula is C22H35NO2. The highest BCUT2D eigenvalue weighted by molar-refractivity contribution is 4.83. The van der Waals surface area contributed by atoms with Crippen LogP contribution in [-0.4, -0.2) is 19.5 Å². The third-order valence-corrected chi connectivity index (χ3v) is 4.02. The molecule has 0 aromatic heterocycles. The summed E-state index contributed by atoms with van der Waals surface area (Å²) in [5.74, 6) is 5.34. The van der Waals surface area contributed by atoms with Crippen LogP contribution in [0.15, 0.2) is 0 Å². The van der Waals surface area contributed by atoms with Crippen molar-refractivity contribution < 1.29 is 9.47 Å². The van der Waals surface area contributed by atoms with E-state index in [1.165, 1.54) is 12.8 Å². The van der Waals surface area contributed by atoms with Crippen LogP contribution in [-0.2, 0) is 9.47 Å². The van der Waals surface area contributed by atoms with Gasteiger partial charge in [0.15, 0.2) is 6.29 Å². The lowest BCUT2D eigenvalue weighted by Gasteiger charge is -2.18. The zero-order valence-electron chi connectivity index (χ0n) is 15.8. The van der Waals surface area contributed by atoms with Gasteiger partial charge >= 0.3 is 0 Å². The van der Waals surface area contributed by atoms with Crippen molar-refractivity contribution in [3.63, 3.8) is 0 Å². The molecule has 0 spiro atoms. The third-order valence-electron chi connectivity index (χ3n) is 4.02. The van der Waals surface area contributed by atoms with Gasteiger partial charge in [0.1, 0.15) is 0 Å². The highest BCUT2D eigenvalue weighted by Gasteiger charge is 2.09. The maximum absolute atomic E-state index is 8.62. The fourth-order valence-corrected chi connectivity index (χ4v) is 2.52.